The first-order chi connectivity index (χ1) is 9.19. The van der Waals surface area contributed by atoms with Gasteiger partial charge < -0.3 is 14.5 Å². The van der Waals surface area contributed by atoms with Crippen molar-refractivity contribution in [3.63, 3.8) is 0 Å². The van der Waals surface area contributed by atoms with E-state index < -0.39 is 0 Å². The average Bonchev–Trinajstić information content (AvgIpc) is 2.34. The van der Waals surface area contributed by atoms with Crippen LogP contribution >= 0.6 is 0 Å². The second kappa shape index (κ2) is 6.95. The highest BCUT2D eigenvalue weighted by Crippen LogP contribution is 2.21. The molecule has 0 radical (unpaired) electrons. The molecule has 1 saturated heterocycles. The van der Waals surface area contributed by atoms with E-state index in [4.69, 9.17) is 4.74 Å². The molecule has 0 aromatic rings. The molecule has 1 heterocycles. The molecular formula is C15H28N2O3. The van der Waals surface area contributed by atoms with Gasteiger partial charge in [-0.3, -0.25) is 4.79 Å². The molecular weight excluding hydrogens is 256 g/mol. The molecule has 0 aromatic carbocycles. The van der Waals surface area contributed by atoms with Gasteiger partial charge in [-0.1, -0.05) is 20.8 Å². The quantitative estimate of drug-likeness (QED) is 0.800. The Balaban J connectivity index is 2.34. The molecule has 0 unspecified atom stereocenters. The molecule has 0 bridgehead atoms. The molecule has 20 heavy (non-hydrogen) atoms. The maximum absolute atomic E-state index is 12.1. The van der Waals surface area contributed by atoms with Crippen molar-refractivity contribution in [3.05, 3.63) is 0 Å². The van der Waals surface area contributed by atoms with Crippen LogP contribution in [0.1, 0.15) is 47.5 Å². The third-order valence-corrected chi connectivity index (χ3v) is 3.32. The maximum Gasteiger partial charge on any atom is 0.410 e. The van der Waals surface area contributed by atoms with Crippen molar-refractivity contribution in [1.29, 1.82) is 0 Å². The Labute approximate surface area is 122 Å². The zero-order valence-electron chi connectivity index (χ0n) is 13.4. The van der Waals surface area contributed by atoms with Gasteiger partial charge in [-0.15, -0.1) is 0 Å². The fourth-order valence-corrected chi connectivity index (χ4v) is 2.05. The number of nitrogens with zero attached hydrogens (tertiary/aromatic N) is 2. The first-order valence-corrected chi connectivity index (χ1v) is 7.42. The van der Waals surface area contributed by atoms with Crippen LogP contribution in [0.4, 0.5) is 4.79 Å². The Morgan fingerprint density at radius 3 is 2.00 bits per heavy atom. The minimum atomic E-state index is -0.276. The lowest BCUT2D eigenvalue weighted by Crippen LogP contribution is -2.51. The molecule has 5 nitrogen and oxygen atoms in total. The third-order valence-electron chi connectivity index (χ3n) is 3.32. The normalized spacial score (nSPS) is 16.5. The molecule has 0 spiro atoms. The van der Waals surface area contributed by atoms with Gasteiger partial charge in [0.1, 0.15) is 0 Å². The Kier molecular flexibility index (Phi) is 5.84. The van der Waals surface area contributed by atoms with Gasteiger partial charge in [0.05, 0.1) is 6.10 Å². The van der Waals surface area contributed by atoms with Gasteiger partial charge >= 0.3 is 6.09 Å². The van der Waals surface area contributed by atoms with Crippen LogP contribution in [0.15, 0.2) is 0 Å². The van der Waals surface area contributed by atoms with Crippen LogP contribution in [0.3, 0.4) is 0 Å². The summed E-state index contributed by atoms with van der Waals surface area (Å²) in [6.07, 6.45) is 1.09. The van der Waals surface area contributed by atoms with Gasteiger partial charge in [0, 0.05) is 32.6 Å². The van der Waals surface area contributed by atoms with Crippen LogP contribution in [0.25, 0.3) is 0 Å². The Hall–Kier alpha value is -1.26. The van der Waals surface area contributed by atoms with Crippen LogP contribution in [-0.4, -0.2) is 54.1 Å². The molecule has 1 rings (SSSR count). The molecule has 0 N–H and O–H groups in total. The minimum absolute atomic E-state index is 0.103. The van der Waals surface area contributed by atoms with Crippen molar-refractivity contribution < 1.29 is 14.3 Å². The van der Waals surface area contributed by atoms with Crippen molar-refractivity contribution in [2.45, 2.75) is 53.6 Å². The number of piperazine rings is 1. The average molecular weight is 284 g/mol. The largest absolute Gasteiger partial charge is 0.447 e. The highest BCUT2D eigenvalue weighted by molar-refractivity contribution is 5.76. The summed E-state index contributed by atoms with van der Waals surface area (Å²) in [5.74, 6) is 0.191. The van der Waals surface area contributed by atoms with Crippen molar-refractivity contribution >= 4 is 12.0 Å². The molecule has 0 aliphatic carbocycles. The van der Waals surface area contributed by atoms with E-state index in [-0.39, 0.29) is 23.5 Å². The standard InChI is InChI=1S/C15H28N2O3/c1-12(2)20-14(19)17-10-8-16(9-11-17)13(18)6-7-15(3,4)5/h12H,6-11H2,1-5H3. The second-order valence-electron chi connectivity index (χ2n) is 6.86. The molecule has 1 fully saturated rings. The summed E-state index contributed by atoms with van der Waals surface area (Å²) in [5.41, 5.74) is 0.179. The third kappa shape index (κ3) is 5.80. The number of hydrogen-bond donors (Lipinski definition) is 0. The van der Waals surface area contributed by atoms with E-state index in [9.17, 15) is 9.59 Å². The number of rotatable bonds is 3. The van der Waals surface area contributed by atoms with E-state index >= 15 is 0 Å². The zero-order chi connectivity index (χ0) is 15.3. The van der Waals surface area contributed by atoms with Gasteiger partial charge in [-0.2, -0.15) is 0 Å². The van der Waals surface area contributed by atoms with E-state index in [1.54, 1.807) is 4.90 Å². The zero-order valence-corrected chi connectivity index (χ0v) is 13.4. The number of carbonyl (C=O) groups excluding carboxylic acids is 2. The predicted molar refractivity (Wildman–Crippen MR) is 78.5 cm³/mol. The summed E-state index contributed by atoms with van der Waals surface area (Å²) >= 11 is 0. The molecule has 0 aromatic heterocycles. The summed E-state index contributed by atoms with van der Waals surface area (Å²) in [7, 11) is 0. The van der Waals surface area contributed by atoms with Crippen LogP contribution in [0, 0.1) is 5.41 Å². The molecule has 5 heteroatoms. The molecule has 1 aliphatic heterocycles. The van der Waals surface area contributed by atoms with E-state index in [1.807, 2.05) is 18.7 Å². The highest BCUT2D eigenvalue weighted by Gasteiger charge is 2.25. The number of ether oxygens (including phenoxy) is 1. The fraction of sp³-hybridized carbons (Fsp3) is 0.867. The van der Waals surface area contributed by atoms with E-state index in [0.29, 0.717) is 32.6 Å². The van der Waals surface area contributed by atoms with Gasteiger partial charge in [0.15, 0.2) is 0 Å². The van der Waals surface area contributed by atoms with Crippen molar-refractivity contribution in [2.75, 3.05) is 26.2 Å². The second-order valence-corrected chi connectivity index (χ2v) is 6.86. The summed E-state index contributed by atoms with van der Waals surface area (Å²) in [6.45, 7) is 12.4. The lowest BCUT2D eigenvalue weighted by atomic mass is 9.90. The van der Waals surface area contributed by atoms with Crippen molar-refractivity contribution in [2.24, 2.45) is 5.41 Å². The van der Waals surface area contributed by atoms with Crippen LogP contribution < -0.4 is 0 Å². The molecule has 0 atom stereocenters. The van der Waals surface area contributed by atoms with Gasteiger partial charge in [-0.25, -0.2) is 4.79 Å². The first kappa shape index (κ1) is 16.8. The van der Waals surface area contributed by atoms with E-state index in [2.05, 4.69) is 20.8 Å². The summed E-state index contributed by atoms with van der Waals surface area (Å²) in [6, 6.07) is 0. The summed E-state index contributed by atoms with van der Waals surface area (Å²) in [4.78, 5) is 27.4. The molecule has 2 amide bonds. The number of hydrogen-bond acceptors (Lipinski definition) is 3. The SMILES string of the molecule is CC(C)OC(=O)N1CCN(C(=O)CCC(C)(C)C)CC1. The monoisotopic (exact) mass is 284 g/mol. The predicted octanol–water partition coefficient (Wildman–Crippen LogP) is 2.50. The molecule has 0 saturated carbocycles. The maximum atomic E-state index is 12.1. The summed E-state index contributed by atoms with van der Waals surface area (Å²) in [5, 5.41) is 0. The Bertz CT molecular complexity index is 340. The fourth-order valence-electron chi connectivity index (χ4n) is 2.05. The van der Waals surface area contributed by atoms with Crippen molar-refractivity contribution in [1.82, 2.24) is 9.80 Å². The minimum Gasteiger partial charge on any atom is -0.447 e. The van der Waals surface area contributed by atoms with E-state index in [0.717, 1.165) is 6.42 Å². The molecule has 1 aliphatic rings. The first-order valence-electron chi connectivity index (χ1n) is 7.42. The number of carbonyl (C=O) groups is 2. The van der Waals surface area contributed by atoms with Gasteiger partial charge in [0.2, 0.25) is 5.91 Å². The lowest BCUT2D eigenvalue weighted by molar-refractivity contribution is -0.133. The molecule has 116 valence electrons. The van der Waals surface area contributed by atoms with Crippen molar-refractivity contribution in [3.8, 4) is 0 Å². The van der Waals surface area contributed by atoms with Gasteiger partial charge in [-0.05, 0) is 25.7 Å². The van der Waals surface area contributed by atoms with Crippen LogP contribution in [0.5, 0.6) is 0 Å². The topological polar surface area (TPSA) is 49.9 Å². The van der Waals surface area contributed by atoms with E-state index in [1.165, 1.54) is 0 Å². The van der Waals surface area contributed by atoms with Crippen LogP contribution in [-0.2, 0) is 9.53 Å². The highest BCUT2D eigenvalue weighted by atomic mass is 16.6. The van der Waals surface area contributed by atoms with Crippen LogP contribution in [0.2, 0.25) is 0 Å². The van der Waals surface area contributed by atoms with Gasteiger partial charge in [0.25, 0.3) is 0 Å². The number of amides is 2. The Morgan fingerprint density at radius 2 is 1.55 bits per heavy atom. The Morgan fingerprint density at radius 1 is 1.05 bits per heavy atom. The lowest BCUT2D eigenvalue weighted by Gasteiger charge is -2.35. The smallest absolute Gasteiger partial charge is 0.410 e. The summed E-state index contributed by atoms with van der Waals surface area (Å²) < 4.78 is 5.16.